The van der Waals surface area contributed by atoms with Crippen molar-refractivity contribution in [2.75, 3.05) is 19.5 Å². The molecule has 1 atom stereocenters. The van der Waals surface area contributed by atoms with Crippen molar-refractivity contribution in [1.29, 1.82) is 0 Å². The molecule has 0 saturated carbocycles. The van der Waals surface area contributed by atoms with Gasteiger partial charge in [0, 0.05) is 16.3 Å². The number of nitrogens with zero attached hydrogens (tertiary/aromatic N) is 3. The minimum absolute atomic E-state index is 0.265. The summed E-state index contributed by atoms with van der Waals surface area (Å²) < 4.78 is 19.0. The third kappa shape index (κ3) is 4.05. The van der Waals surface area contributed by atoms with Crippen molar-refractivity contribution >= 4 is 39.4 Å². The summed E-state index contributed by atoms with van der Waals surface area (Å²) in [5, 5.41) is 8.02. The van der Waals surface area contributed by atoms with Gasteiger partial charge in [-0.15, -0.1) is 0 Å². The highest BCUT2D eigenvalue weighted by atomic mass is 79.9. The fourth-order valence-corrected chi connectivity index (χ4v) is 4.34. The highest BCUT2D eigenvalue weighted by Gasteiger charge is 2.35. The lowest BCUT2D eigenvalue weighted by Crippen LogP contribution is -2.29. The normalized spacial score (nSPS) is 15.1. The van der Waals surface area contributed by atoms with Gasteiger partial charge in [-0.25, -0.2) is 9.48 Å². The number of rotatable bonds is 6. The summed E-state index contributed by atoms with van der Waals surface area (Å²) >= 11 is 9.83. The van der Waals surface area contributed by atoms with E-state index >= 15 is 0 Å². The number of allylic oxidation sites excluding steroid dienone is 1. The van der Waals surface area contributed by atoms with Crippen LogP contribution in [0.25, 0.3) is 0 Å². The molecule has 0 radical (unpaired) electrons. The quantitative estimate of drug-likeness (QED) is 0.471. The predicted octanol–water partition coefficient (Wildman–Crippen LogP) is 4.74. The van der Waals surface area contributed by atoms with Crippen molar-refractivity contribution in [2.24, 2.45) is 0 Å². The zero-order valence-electron chi connectivity index (χ0n) is 17.6. The molecule has 0 saturated heterocycles. The van der Waals surface area contributed by atoms with Crippen LogP contribution >= 0.6 is 27.5 Å². The minimum Gasteiger partial charge on any atom is -0.493 e. The van der Waals surface area contributed by atoms with E-state index in [0.717, 1.165) is 11.1 Å². The number of esters is 1. The lowest BCUT2D eigenvalue weighted by molar-refractivity contribution is -0.136. The summed E-state index contributed by atoms with van der Waals surface area (Å²) in [6.45, 7) is 2.06. The van der Waals surface area contributed by atoms with Crippen molar-refractivity contribution < 1.29 is 19.0 Å². The van der Waals surface area contributed by atoms with Gasteiger partial charge in [-0.2, -0.15) is 10.1 Å². The molecule has 1 aliphatic rings. The lowest BCUT2D eigenvalue weighted by atomic mass is 9.95. The van der Waals surface area contributed by atoms with Crippen molar-refractivity contribution in [3.8, 4) is 11.5 Å². The van der Waals surface area contributed by atoms with Crippen LogP contribution in [0.5, 0.6) is 11.5 Å². The standard InChI is InChI=1S/C22H20BrClN4O4/c1-12-18(21(29)31-3)19(28-22(27-12)25-11-26-28)14-8-15(23)20(17(9-14)30-2)32-10-13-6-4-5-7-16(13)24/h4-9,11,19H,10H2,1-3H3,(H,25,26,27)/t19-/m1/s1. The van der Waals surface area contributed by atoms with Crippen LogP contribution in [0, 0.1) is 0 Å². The molecule has 0 amide bonds. The monoisotopic (exact) mass is 518 g/mol. The van der Waals surface area contributed by atoms with Crippen molar-refractivity contribution in [3.63, 3.8) is 0 Å². The van der Waals surface area contributed by atoms with Crippen LogP contribution in [0.2, 0.25) is 5.02 Å². The number of benzene rings is 2. The second-order valence-electron chi connectivity index (χ2n) is 7.00. The maximum absolute atomic E-state index is 12.6. The second-order valence-corrected chi connectivity index (χ2v) is 8.26. The van der Waals surface area contributed by atoms with Gasteiger partial charge in [0.25, 0.3) is 0 Å². The fourth-order valence-electron chi connectivity index (χ4n) is 3.58. The van der Waals surface area contributed by atoms with Gasteiger partial charge in [0.15, 0.2) is 11.5 Å². The molecule has 32 heavy (non-hydrogen) atoms. The molecule has 0 bridgehead atoms. The first kappa shape index (κ1) is 22.2. The van der Waals surface area contributed by atoms with Crippen molar-refractivity contribution in [2.45, 2.75) is 19.6 Å². The first-order valence-electron chi connectivity index (χ1n) is 9.63. The van der Waals surface area contributed by atoms with E-state index in [-0.39, 0.29) is 6.61 Å². The van der Waals surface area contributed by atoms with Gasteiger partial charge in [-0.3, -0.25) is 0 Å². The van der Waals surface area contributed by atoms with E-state index in [2.05, 4.69) is 31.3 Å². The van der Waals surface area contributed by atoms with Crippen LogP contribution in [0.3, 0.4) is 0 Å². The van der Waals surface area contributed by atoms with Crippen LogP contribution in [0.4, 0.5) is 5.95 Å². The Morgan fingerprint density at radius 1 is 1.28 bits per heavy atom. The van der Waals surface area contributed by atoms with E-state index in [1.165, 1.54) is 13.4 Å². The Morgan fingerprint density at radius 2 is 2.06 bits per heavy atom. The first-order chi connectivity index (χ1) is 15.4. The van der Waals surface area contributed by atoms with Gasteiger partial charge in [-0.1, -0.05) is 29.8 Å². The average molecular weight is 520 g/mol. The number of carbonyl (C=O) groups excluding carboxylic acids is 1. The Morgan fingerprint density at radius 3 is 2.78 bits per heavy atom. The van der Waals surface area contributed by atoms with Gasteiger partial charge in [0.05, 0.1) is 24.3 Å². The van der Waals surface area contributed by atoms with Crippen LogP contribution in [-0.2, 0) is 16.1 Å². The van der Waals surface area contributed by atoms with Crippen molar-refractivity contribution in [3.05, 3.63) is 74.6 Å². The molecular weight excluding hydrogens is 500 g/mol. The molecule has 1 N–H and O–H groups in total. The summed E-state index contributed by atoms with van der Waals surface area (Å²) in [5.41, 5.74) is 2.65. The number of aromatic nitrogens is 3. The van der Waals surface area contributed by atoms with Crippen LogP contribution in [-0.4, -0.2) is 35.0 Å². The van der Waals surface area contributed by atoms with Gasteiger partial charge in [0.2, 0.25) is 5.95 Å². The zero-order chi connectivity index (χ0) is 22.8. The molecule has 4 rings (SSSR count). The van der Waals surface area contributed by atoms with Gasteiger partial charge in [-0.05, 0) is 46.6 Å². The smallest absolute Gasteiger partial charge is 0.338 e. The number of ether oxygens (including phenoxy) is 3. The Hall–Kier alpha value is -3.04. The molecule has 2 heterocycles. The number of halogens is 2. The van der Waals surface area contributed by atoms with Crippen LogP contribution in [0.1, 0.15) is 24.1 Å². The third-order valence-corrected chi connectivity index (χ3v) is 6.05. The zero-order valence-corrected chi connectivity index (χ0v) is 19.9. The Labute approximate surface area is 198 Å². The molecule has 1 aliphatic heterocycles. The summed E-state index contributed by atoms with van der Waals surface area (Å²) in [7, 11) is 2.90. The summed E-state index contributed by atoms with van der Waals surface area (Å²) in [5.74, 6) is 1.07. The first-order valence-corrected chi connectivity index (χ1v) is 10.8. The largest absolute Gasteiger partial charge is 0.493 e. The number of carbonyl (C=O) groups is 1. The Balaban J connectivity index is 1.75. The highest BCUT2D eigenvalue weighted by Crippen LogP contribution is 2.43. The molecule has 10 heteroatoms. The molecule has 0 spiro atoms. The molecule has 8 nitrogen and oxygen atoms in total. The Kier molecular flexibility index (Phi) is 6.38. The number of anilines is 1. The SMILES string of the molecule is COC(=O)C1=C(C)Nc2ncnn2[C@@H]1c1cc(Br)c(OCc2ccccc2Cl)c(OC)c1. The topological polar surface area (TPSA) is 87.5 Å². The van der Waals surface area contributed by atoms with E-state index in [4.69, 9.17) is 25.8 Å². The maximum Gasteiger partial charge on any atom is 0.338 e. The van der Waals surface area contributed by atoms with Gasteiger partial charge >= 0.3 is 5.97 Å². The number of hydrogen-bond acceptors (Lipinski definition) is 7. The maximum atomic E-state index is 12.6. The van der Waals surface area contributed by atoms with E-state index in [0.29, 0.717) is 38.2 Å². The van der Waals surface area contributed by atoms with E-state index in [1.807, 2.05) is 36.4 Å². The highest BCUT2D eigenvalue weighted by molar-refractivity contribution is 9.10. The molecule has 0 unspecified atom stereocenters. The summed E-state index contributed by atoms with van der Waals surface area (Å²) in [6.07, 6.45) is 1.43. The molecular formula is C22H20BrClN4O4. The number of methoxy groups -OCH3 is 2. The van der Waals surface area contributed by atoms with Crippen LogP contribution in [0.15, 0.2) is 58.5 Å². The minimum atomic E-state index is -0.566. The number of hydrogen-bond donors (Lipinski definition) is 1. The average Bonchev–Trinajstić information content (AvgIpc) is 3.25. The molecule has 3 aromatic rings. The summed E-state index contributed by atoms with van der Waals surface area (Å²) in [4.78, 5) is 16.9. The molecule has 1 aromatic heterocycles. The number of nitrogens with one attached hydrogen (secondary N) is 1. The fraction of sp³-hybridized carbons (Fsp3) is 0.227. The van der Waals surface area contributed by atoms with E-state index < -0.39 is 12.0 Å². The number of fused-ring (bicyclic) bond motifs is 1. The lowest BCUT2D eigenvalue weighted by Gasteiger charge is -2.28. The summed E-state index contributed by atoms with van der Waals surface area (Å²) in [6, 6.07) is 10.6. The van der Waals surface area contributed by atoms with Gasteiger partial charge in [0.1, 0.15) is 19.0 Å². The molecule has 0 aliphatic carbocycles. The van der Waals surface area contributed by atoms with E-state index in [1.54, 1.807) is 18.7 Å². The molecule has 0 fully saturated rings. The van der Waals surface area contributed by atoms with Crippen LogP contribution < -0.4 is 14.8 Å². The predicted molar refractivity (Wildman–Crippen MR) is 123 cm³/mol. The molecule has 2 aromatic carbocycles. The third-order valence-electron chi connectivity index (χ3n) is 5.10. The van der Waals surface area contributed by atoms with Crippen molar-refractivity contribution in [1.82, 2.24) is 14.8 Å². The Bertz CT molecular complexity index is 1210. The van der Waals surface area contributed by atoms with Gasteiger partial charge < -0.3 is 19.5 Å². The second kappa shape index (κ2) is 9.22. The van der Waals surface area contributed by atoms with E-state index in [9.17, 15) is 4.79 Å². The molecule has 166 valence electrons.